The first kappa shape index (κ1) is 18.9. The fourth-order valence-electron chi connectivity index (χ4n) is 3.88. The minimum atomic E-state index is -0.300. The Bertz CT molecular complexity index is 1150. The predicted molar refractivity (Wildman–Crippen MR) is 107 cm³/mol. The molecule has 3 N–H and O–H groups in total. The van der Waals surface area contributed by atoms with Crippen molar-refractivity contribution in [3.05, 3.63) is 64.7 Å². The molecule has 1 aliphatic rings. The minimum Gasteiger partial charge on any atom is -0.504 e. The lowest BCUT2D eigenvalue weighted by molar-refractivity contribution is 0.0698. The molecule has 150 valence electrons. The smallest absolute Gasteiger partial charge is 0.274 e. The largest absolute Gasteiger partial charge is 0.504 e. The molecular weight excluding hydrogens is 373 g/mol. The third-order valence-corrected chi connectivity index (χ3v) is 5.41. The molecule has 1 amide bonds. The van der Waals surface area contributed by atoms with Gasteiger partial charge in [0.15, 0.2) is 16.9 Å². The van der Waals surface area contributed by atoms with Gasteiger partial charge in [-0.25, -0.2) is 4.39 Å². The molecule has 0 spiro atoms. The van der Waals surface area contributed by atoms with E-state index in [0.29, 0.717) is 42.4 Å². The maximum absolute atomic E-state index is 13.2. The Kier molecular flexibility index (Phi) is 4.92. The van der Waals surface area contributed by atoms with Crippen molar-refractivity contribution in [3.8, 4) is 5.75 Å². The van der Waals surface area contributed by atoms with E-state index in [-0.39, 0.29) is 23.2 Å². The van der Waals surface area contributed by atoms with E-state index in [9.17, 15) is 14.3 Å². The van der Waals surface area contributed by atoms with Gasteiger partial charge < -0.3 is 20.4 Å². The standard InChI is InChI=1S/C21H22FN5O2/c1-2-14-7-9-24-17-16(14)20(25-23)27-12-11-26(21(29)18(27)19(17)28)10-8-13-3-5-15(22)6-4-13/h3-7,9,28H,2,8,10-12,23H2,1H3/b25-20+. The van der Waals surface area contributed by atoms with Gasteiger partial charge in [-0.05, 0) is 42.2 Å². The molecule has 0 saturated carbocycles. The van der Waals surface area contributed by atoms with Gasteiger partial charge in [0.2, 0.25) is 0 Å². The number of halogens is 1. The summed E-state index contributed by atoms with van der Waals surface area (Å²) in [5.41, 5.74) is 2.81. The molecule has 1 aromatic carbocycles. The first-order chi connectivity index (χ1) is 14.0. The van der Waals surface area contributed by atoms with Crippen LogP contribution >= 0.6 is 0 Å². The van der Waals surface area contributed by atoms with Gasteiger partial charge in [-0.3, -0.25) is 9.78 Å². The molecule has 1 aliphatic heterocycles. The van der Waals surface area contributed by atoms with Crippen LogP contribution in [-0.2, 0) is 19.4 Å². The number of hydrogen-bond donors (Lipinski definition) is 2. The molecule has 4 rings (SSSR count). The van der Waals surface area contributed by atoms with Crippen LogP contribution in [0.3, 0.4) is 0 Å². The molecule has 0 bridgehead atoms. The molecule has 0 aliphatic carbocycles. The van der Waals surface area contributed by atoms with E-state index < -0.39 is 0 Å². The molecule has 2 aromatic heterocycles. The van der Waals surface area contributed by atoms with Crippen molar-refractivity contribution in [2.75, 3.05) is 13.1 Å². The fraction of sp³-hybridized carbons (Fsp3) is 0.286. The van der Waals surface area contributed by atoms with Gasteiger partial charge in [-0.15, -0.1) is 0 Å². The summed E-state index contributed by atoms with van der Waals surface area (Å²) >= 11 is 0. The summed E-state index contributed by atoms with van der Waals surface area (Å²) in [5.74, 6) is 4.94. The first-order valence-electron chi connectivity index (χ1n) is 9.56. The van der Waals surface area contributed by atoms with Crippen molar-refractivity contribution in [1.82, 2.24) is 14.5 Å². The topological polar surface area (TPSA) is 96.7 Å². The van der Waals surface area contributed by atoms with Crippen LogP contribution in [0.5, 0.6) is 5.75 Å². The molecule has 0 atom stereocenters. The van der Waals surface area contributed by atoms with E-state index in [1.165, 1.54) is 12.1 Å². The lowest BCUT2D eigenvalue weighted by Gasteiger charge is -2.31. The van der Waals surface area contributed by atoms with Crippen molar-refractivity contribution in [3.63, 3.8) is 0 Å². The SMILES string of the molecule is CCc1ccnc2c(O)c3n(/c(=N/N)c12)CCN(CCc1ccc(F)cc1)C3=O. The molecule has 7 nitrogen and oxygen atoms in total. The van der Waals surface area contributed by atoms with Crippen LogP contribution in [0.2, 0.25) is 0 Å². The van der Waals surface area contributed by atoms with E-state index in [1.807, 2.05) is 13.0 Å². The summed E-state index contributed by atoms with van der Waals surface area (Å²) in [6.07, 6.45) is 2.92. The van der Waals surface area contributed by atoms with Crippen LogP contribution in [0.15, 0.2) is 41.6 Å². The Balaban J connectivity index is 1.74. The number of hydrogen-bond acceptors (Lipinski definition) is 5. The highest BCUT2D eigenvalue weighted by atomic mass is 19.1. The molecule has 29 heavy (non-hydrogen) atoms. The van der Waals surface area contributed by atoms with E-state index in [0.717, 1.165) is 17.5 Å². The molecule has 0 saturated heterocycles. The summed E-state index contributed by atoms with van der Waals surface area (Å²) in [4.78, 5) is 19.1. The van der Waals surface area contributed by atoms with Crippen molar-refractivity contribution in [2.24, 2.45) is 10.9 Å². The maximum Gasteiger partial charge on any atom is 0.274 e. The highest BCUT2D eigenvalue weighted by Gasteiger charge is 2.30. The normalized spacial score (nSPS) is 14.5. The van der Waals surface area contributed by atoms with Gasteiger partial charge in [0, 0.05) is 25.8 Å². The summed E-state index contributed by atoms with van der Waals surface area (Å²) in [6, 6.07) is 8.09. The number of carbonyl (C=O) groups is 1. The second-order valence-electron chi connectivity index (χ2n) is 7.02. The number of amides is 1. The third-order valence-electron chi connectivity index (χ3n) is 5.41. The van der Waals surface area contributed by atoms with Crippen molar-refractivity contribution in [1.29, 1.82) is 0 Å². The van der Waals surface area contributed by atoms with Gasteiger partial charge >= 0.3 is 0 Å². The maximum atomic E-state index is 13.2. The number of aromatic hydroxyl groups is 1. The Morgan fingerprint density at radius 1 is 1.24 bits per heavy atom. The number of benzene rings is 1. The third kappa shape index (κ3) is 3.20. The second-order valence-corrected chi connectivity index (χ2v) is 7.02. The number of aryl methyl sites for hydroxylation is 1. The van der Waals surface area contributed by atoms with Crippen LogP contribution in [0.25, 0.3) is 10.9 Å². The van der Waals surface area contributed by atoms with E-state index >= 15 is 0 Å². The van der Waals surface area contributed by atoms with Gasteiger partial charge in [-0.1, -0.05) is 19.1 Å². The van der Waals surface area contributed by atoms with Crippen LogP contribution in [-0.4, -0.2) is 38.6 Å². The van der Waals surface area contributed by atoms with Crippen molar-refractivity contribution in [2.45, 2.75) is 26.3 Å². The number of rotatable bonds is 4. The predicted octanol–water partition coefficient (Wildman–Crippen LogP) is 1.92. The molecule has 0 radical (unpaired) electrons. The quantitative estimate of drug-likeness (QED) is 0.521. The zero-order valence-corrected chi connectivity index (χ0v) is 16.1. The summed E-state index contributed by atoms with van der Waals surface area (Å²) < 4.78 is 14.8. The van der Waals surface area contributed by atoms with Crippen LogP contribution in [0.4, 0.5) is 4.39 Å². The first-order valence-corrected chi connectivity index (χ1v) is 9.56. The second kappa shape index (κ2) is 7.54. The van der Waals surface area contributed by atoms with Gasteiger partial charge in [0.1, 0.15) is 11.3 Å². The highest BCUT2D eigenvalue weighted by Crippen LogP contribution is 2.29. The Morgan fingerprint density at radius 3 is 2.69 bits per heavy atom. The van der Waals surface area contributed by atoms with Crippen molar-refractivity contribution < 1.29 is 14.3 Å². The van der Waals surface area contributed by atoms with Crippen LogP contribution < -0.4 is 11.3 Å². The highest BCUT2D eigenvalue weighted by molar-refractivity contribution is 6.01. The number of pyridine rings is 2. The lowest BCUT2D eigenvalue weighted by Crippen LogP contribution is -2.45. The zero-order chi connectivity index (χ0) is 20.5. The van der Waals surface area contributed by atoms with Crippen molar-refractivity contribution >= 4 is 16.8 Å². The minimum absolute atomic E-state index is 0.146. The van der Waals surface area contributed by atoms with Crippen LogP contribution in [0, 0.1) is 5.82 Å². The average Bonchev–Trinajstić information content (AvgIpc) is 2.74. The summed E-state index contributed by atoms with van der Waals surface area (Å²) in [7, 11) is 0. The number of aromatic nitrogens is 2. The Hall–Kier alpha value is -3.42. The lowest BCUT2D eigenvalue weighted by atomic mass is 10.1. The molecule has 3 heterocycles. The number of carbonyl (C=O) groups excluding carboxylic acids is 1. The monoisotopic (exact) mass is 395 g/mol. The fourth-order valence-corrected chi connectivity index (χ4v) is 3.88. The number of fused-ring (bicyclic) bond motifs is 2. The van der Waals surface area contributed by atoms with Gasteiger partial charge in [-0.2, -0.15) is 5.10 Å². The Morgan fingerprint density at radius 2 is 2.00 bits per heavy atom. The molecule has 0 fully saturated rings. The van der Waals surface area contributed by atoms with Gasteiger partial charge in [0.05, 0.1) is 5.39 Å². The summed E-state index contributed by atoms with van der Waals surface area (Å²) in [5, 5.41) is 15.5. The summed E-state index contributed by atoms with van der Waals surface area (Å²) in [6.45, 7) is 3.38. The molecular formula is C21H22FN5O2. The average molecular weight is 395 g/mol. The molecule has 3 aromatic rings. The van der Waals surface area contributed by atoms with E-state index in [4.69, 9.17) is 5.84 Å². The van der Waals surface area contributed by atoms with E-state index in [2.05, 4.69) is 10.1 Å². The number of nitrogens with two attached hydrogens (primary N) is 1. The Labute approximate surface area is 166 Å². The van der Waals surface area contributed by atoms with E-state index in [1.54, 1.807) is 27.8 Å². The molecule has 8 heteroatoms. The zero-order valence-electron chi connectivity index (χ0n) is 16.1. The van der Waals surface area contributed by atoms with Gasteiger partial charge in [0.25, 0.3) is 5.91 Å². The number of nitrogens with zero attached hydrogens (tertiary/aromatic N) is 4. The van der Waals surface area contributed by atoms with Crippen LogP contribution in [0.1, 0.15) is 28.5 Å². The molecule has 0 unspecified atom stereocenters.